The van der Waals surface area contributed by atoms with Crippen molar-refractivity contribution in [1.29, 1.82) is 0 Å². The van der Waals surface area contributed by atoms with Crippen LogP contribution in [0.25, 0.3) is 47.9 Å². The molecule has 0 aliphatic carbocycles. The van der Waals surface area contributed by atoms with E-state index in [1.165, 1.54) is 47.9 Å². The van der Waals surface area contributed by atoms with Crippen LogP contribution in [0.4, 0.5) is 0 Å². The molecule has 0 amide bonds. The molecule has 0 fully saturated rings. The molecule has 0 spiro atoms. The van der Waals surface area contributed by atoms with Crippen LogP contribution in [0.2, 0.25) is 0 Å². The van der Waals surface area contributed by atoms with Crippen LogP contribution >= 0.6 is 11.3 Å². The first kappa shape index (κ1) is 15.1. The van der Waals surface area contributed by atoms with E-state index in [2.05, 4.69) is 94.9 Å². The number of nitrogens with zero attached hydrogens (tertiary/aromatic N) is 2. The Balaban J connectivity index is 1.94. The Morgan fingerprint density at radius 3 is 2.30 bits per heavy atom. The zero-order chi connectivity index (χ0) is 18.0. The molecule has 2 nitrogen and oxygen atoms in total. The molecule has 0 N–H and O–H groups in total. The van der Waals surface area contributed by atoms with Crippen LogP contribution in [-0.4, -0.2) is 9.13 Å². The van der Waals surface area contributed by atoms with Gasteiger partial charge >= 0.3 is 0 Å². The Hall–Kier alpha value is -3.04. The topological polar surface area (TPSA) is 9.86 Å². The number of benzene rings is 3. The molecular weight excluding hydrogens is 348 g/mol. The summed E-state index contributed by atoms with van der Waals surface area (Å²) in [6.45, 7) is 3.20. The molecule has 0 radical (unpaired) electrons. The summed E-state index contributed by atoms with van der Waals surface area (Å²) in [4.78, 5) is 0. The molecule has 0 saturated carbocycles. The predicted molar refractivity (Wildman–Crippen MR) is 117 cm³/mol. The van der Waals surface area contributed by atoms with Gasteiger partial charge in [0.2, 0.25) is 0 Å². The maximum atomic E-state index is 2.50. The lowest BCUT2D eigenvalue weighted by Gasteiger charge is -2.11. The molecule has 27 heavy (non-hydrogen) atoms. The summed E-state index contributed by atoms with van der Waals surface area (Å²) in [5.41, 5.74) is 5.17. The van der Waals surface area contributed by atoms with Gasteiger partial charge in [0, 0.05) is 33.1 Å². The van der Waals surface area contributed by atoms with Gasteiger partial charge in [-0.05, 0) is 31.2 Å². The second kappa shape index (κ2) is 5.48. The zero-order valence-electron chi connectivity index (χ0n) is 15.0. The van der Waals surface area contributed by atoms with Crippen LogP contribution < -0.4 is 0 Å². The highest BCUT2D eigenvalue weighted by Crippen LogP contribution is 2.45. The van der Waals surface area contributed by atoms with Crippen molar-refractivity contribution in [2.24, 2.45) is 0 Å². The minimum absolute atomic E-state index is 0.948. The lowest BCUT2D eigenvalue weighted by Crippen LogP contribution is -2.01. The highest BCUT2D eigenvalue weighted by atomic mass is 32.1. The number of rotatable bonds is 2. The van der Waals surface area contributed by atoms with E-state index in [9.17, 15) is 0 Å². The van der Waals surface area contributed by atoms with E-state index in [0.717, 1.165) is 6.54 Å². The lowest BCUT2D eigenvalue weighted by atomic mass is 10.2. The van der Waals surface area contributed by atoms with Gasteiger partial charge in [-0.15, -0.1) is 11.3 Å². The van der Waals surface area contributed by atoms with Crippen LogP contribution in [0.1, 0.15) is 6.92 Å². The van der Waals surface area contributed by atoms with E-state index in [-0.39, 0.29) is 0 Å². The fourth-order valence-electron chi connectivity index (χ4n) is 4.43. The third-order valence-corrected chi connectivity index (χ3v) is 6.68. The Kier molecular flexibility index (Phi) is 3.06. The molecule has 3 aromatic carbocycles. The van der Waals surface area contributed by atoms with E-state index in [4.69, 9.17) is 0 Å². The molecule has 0 atom stereocenters. The molecule has 6 aromatic rings. The second-order valence-corrected chi connectivity index (χ2v) is 7.96. The minimum atomic E-state index is 0.948. The van der Waals surface area contributed by atoms with Crippen molar-refractivity contribution < 1.29 is 0 Å². The standard InChI is InChI=1S/C24H18N2S/c1-2-25-22-18-13-7-9-15-20(18)27-23(22)21-17-12-6-8-14-19(17)26(24(21)25)16-10-4-3-5-11-16/h3-15H,2H2,1H3. The van der Waals surface area contributed by atoms with Crippen molar-refractivity contribution in [1.82, 2.24) is 9.13 Å². The van der Waals surface area contributed by atoms with Crippen molar-refractivity contribution in [2.45, 2.75) is 13.5 Å². The Morgan fingerprint density at radius 2 is 1.48 bits per heavy atom. The molecule has 3 heteroatoms. The van der Waals surface area contributed by atoms with Gasteiger partial charge in [-0.25, -0.2) is 0 Å². The monoisotopic (exact) mass is 366 g/mol. The summed E-state index contributed by atoms with van der Waals surface area (Å²) < 4.78 is 7.69. The summed E-state index contributed by atoms with van der Waals surface area (Å²) in [5, 5.41) is 4.08. The van der Waals surface area contributed by atoms with Gasteiger partial charge in [0.1, 0.15) is 5.65 Å². The van der Waals surface area contributed by atoms with Crippen molar-refractivity contribution in [3.8, 4) is 5.69 Å². The average Bonchev–Trinajstić information content (AvgIpc) is 3.34. The van der Waals surface area contributed by atoms with Crippen molar-refractivity contribution in [2.75, 3.05) is 0 Å². The molecule has 0 aliphatic rings. The van der Waals surface area contributed by atoms with Crippen molar-refractivity contribution in [3.63, 3.8) is 0 Å². The van der Waals surface area contributed by atoms with Crippen LogP contribution in [0.15, 0.2) is 78.9 Å². The quantitative estimate of drug-likeness (QED) is 0.313. The largest absolute Gasteiger partial charge is 0.325 e. The first-order valence-electron chi connectivity index (χ1n) is 9.37. The summed E-state index contributed by atoms with van der Waals surface area (Å²) in [6.07, 6.45) is 0. The van der Waals surface area contributed by atoms with Gasteiger partial charge in [0.05, 0.1) is 15.7 Å². The third-order valence-electron chi connectivity index (χ3n) is 5.50. The van der Waals surface area contributed by atoms with Gasteiger partial charge in [-0.3, -0.25) is 4.57 Å². The molecule has 6 rings (SSSR count). The smallest absolute Gasteiger partial charge is 0.127 e. The average molecular weight is 366 g/mol. The molecular formula is C24H18N2S. The van der Waals surface area contributed by atoms with Gasteiger partial charge in [-0.1, -0.05) is 54.6 Å². The predicted octanol–water partition coefficient (Wildman–Crippen LogP) is 6.97. The number of para-hydroxylation sites is 2. The number of aryl methyl sites for hydroxylation is 1. The Morgan fingerprint density at radius 1 is 0.778 bits per heavy atom. The van der Waals surface area contributed by atoms with Crippen molar-refractivity contribution >= 4 is 53.6 Å². The summed E-state index contributed by atoms with van der Waals surface area (Å²) in [5.74, 6) is 0. The lowest BCUT2D eigenvalue weighted by molar-refractivity contribution is 0.810. The van der Waals surface area contributed by atoms with Crippen molar-refractivity contribution in [3.05, 3.63) is 78.9 Å². The molecule has 0 saturated heterocycles. The Bertz CT molecular complexity index is 1450. The molecule has 3 aromatic heterocycles. The third kappa shape index (κ3) is 1.89. The number of thiophene rings is 1. The van der Waals surface area contributed by atoms with Gasteiger partial charge < -0.3 is 4.57 Å². The van der Waals surface area contributed by atoms with Gasteiger partial charge in [-0.2, -0.15) is 0 Å². The Labute approximate surface area is 160 Å². The zero-order valence-corrected chi connectivity index (χ0v) is 15.8. The first-order chi connectivity index (χ1) is 13.4. The fourth-order valence-corrected chi connectivity index (χ4v) is 5.69. The minimum Gasteiger partial charge on any atom is -0.325 e. The fraction of sp³-hybridized carbons (Fsp3) is 0.0833. The summed E-state index contributed by atoms with van der Waals surface area (Å²) >= 11 is 1.92. The number of fused-ring (bicyclic) bond motifs is 7. The number of aromatic nitrogens is 2. The summed E-state index contributed by atoms with van der Waals surface area (Å²) in [6, 6.07) is 28.3. The first-order valence-corrected chi connectivity index (χ1v) is 10.2. The molecule has 3 heterocycles. The SMILES string of the molecule is CCn1c2c3ccccc3sc2c2c3ccccc3n(-c3ccccc3)c21. The van der Waals surface area contributed by atoms with Crippen LogP contribution in [0, 0.1) is 0 Å². The maximum Gasteiger partial charge on any atom is 0.127 e. The molecule has 0 aliphatic heterocycles. The number of hydrogen-bond donors (Lipinski definition) is 0. The summed E-state index contributed by atoms with van der Waals surface area (Å²) in [7, 11) is 0. The second-order valence-electron chi connectivity index (χ2n) is 6.91. The number of hydrogen-bond acceptors (Lipinski definition) is 1. The normalized spacial score (nSPS) is 12.0. The van der Waals surface area contributed by atoms with E-state index in [0.29, 0.717) is 0 Å². The molecule has 0 bridgehead atoms. The van der Waals surface area contributed by atoms with Gasteiger partial charge in [0.25, 0.3) is 0 Å². The maximum absolute atomic E-state index is 2.50. The molecule has 0 unspecified atom stereocenters. The van der Waals surface area contributed by atoms with Gasteiger partial charge in [0.15, 0.2) is 0 Å². The van der Waals surface area contributed by atoms with E-state index in [1.807, 2.05) is 11.3 Å². The van der Waals surface area contributed by atoms with E-state index in [1.54, 1.807) is 0 Å². The van der Waals surface area contributed by atoms with Crippen LogP contribution in [0.3, 0.4) is 0 Å². The molecule has 130 valence electrons. The van der Waals surface area contributed by atoms with Crippen LogP contribution in [0.5, 0.6) is 0 Å². The van der Waals surface area contributed by atoms with E-state index < -0.39 is 0 Å². The van der Waals surface area contributed by atoms with E-state index >= 15 is 0 Å². The van der Waals surface area contributed by atoms with Crippen LogP contribution in [-0.2, 0) is 6.54 Å². The highest BCUT2D eigenvalue weighted by molar-refractivity contribution is 7.26. The highest BCUT2D eigenvalue weighted by Gasteiger charge is 2.23.